The average molecular weight is 465 g/mol. The molecule has 0 saturated carbocycles. The average Bonchev–Trinajstić information content (AvgIpc) is 3.14. The summed E-state index contributed by atoms with van der Waals surface area (Å²) in [5.41, 5.74) is 2.98. The van der Waals surface area contributed by atoms with Gasteiger partial charge in [-0.05, 0) is 49.2 Å². The van der Waals surface area contributed by atoms with Gasteiger partial charge in [-0.25, -0.2) is 0 Å². The molecule has 30 heavy (non-hydrogen) atoms. The molecular formula is C21H22Cl2N4O2S. The van der Waals surface area contributed by atoms with Gasteiger partial charge in [-0.3, -0.25) is 9.36 Å². The highest BCUT2D eigenvalue weighted by molar-refractivity contribution is 7.98. The number of hydrogen-bond donors (Lipinski definition) is 1. The molecule has 158 valence electrons. The fraction of sp³-hybridized carbons (Fsp3) is 0.286. The number of nitrogens with zero attached hydrogens (tertiary/aromatic N) is 3. The highest BCUT2D eigenvalue weighted by Crippen LogP contribution is 2.29. The van der Waals surface area contributed by atoms with Crippen molar-refractivity contribution in [2.24, 2.45) is 0 Å². The summed E-state index contributed by atoms with van der Waals surface area (Å²) in [6.45, 7) is 3.82. The van der Waals surface area contributed by atoms with E-state index in [1.807, 2.05) is 54.0 Å². The third-order valence-corrected chi connectivity index (χ3v) is 5.83. The van der Waals surface area contributed by atoms with Crippen LogP contribution in [-0.2, 0) is 17.1 Å². The van der Waals surface area contributed by atoms with E-state index < -0.39 is 5.38 Å². The summed E-state index contributed by atoms with van der Waals surface area (Å²) >= 11 is 13.7. The van der Waals surface area contributed by atoms with Crippen LogP contribution in [-0.4, -0.2) is 33.2 Å². The molecule has 1 heterocycles. The predicted molar refractivity (Wildman–Crippen MR) is 121 cm³/mol. The molecule has 3 aromatic rings. The van der Waals surface area contributed by atoms with Gasteiger partial charge in [0.2, 0.25) is 5.91 Å². The van der Waals surface area contributed by atoms with Gasteiger partial charge >= 0.3 is 0 Å². The number of alkyl halides is 1. The third kappa shape index (κ3) is 5.47. The first-order valence-electron chi connectivity index (χ1n) is 9.27. The maximum atomic E-state index is 11.9. The Balaban J connectivity index is 1.92. The number of hydrogen-bond acceptors (Lipinski definition) is 5. The second-order valence-corrected chi connectivity index (χ2v) is 8.67. The number of carbonyl (C=O) groups is 1. The van der Waals surface area contributed by atoms with Crippen molar-refractivity contribution in [3.05, 3.63) is 64.4 Å². The number of rotatable bonds is 8. The topological polar surface area (TPSA) is 69.0 Å². The van der Waals surface area contributed by atoms with E-state index in [0.29, 0.717) is 21.8 Å². The van der Waals surface area contributed by atoms with Gasteiger partial charge in [0.1, 0.15) is 11.1 Å². The summed E-state index contributed by atoms with van der Waals surface area (Å²) in [5.74, 6) is 1.82. The first-order chi connectivity index (χ1) is 14.4. The molecule has 6 nitrogen and oxygen atoms in total. The van der Waals surface area contributed by atoms with Gasteiger partial charge in [0.05, 0.1) is 19.3 Å². The highest BCUT2D eigenvalue weighted by Gasteiger charge is 2.18. The number of methoxy groups -OCH3 is 1. The van der Waals surface area contributed by atoms with Crippen LogP contribution in [0.1, 0.15) is 23.9 Å². The van der Waals surface area contributed by atoms with E-state index in [4.69, 9.17) is 27.9 Å². The summed E-state index contributed by atoms with van der Waals surface area (Å²) in [6.07, 6.45) is 0. The quantitative estimate of drug-likeness (QED) is 0.383. The van der Waals surface area contributed by atoms with E-state index in [1.54, 1.807) is 25.8 Å². The van der Waals surface area contributed by atoms with Gasteiger partial charge in [0.25, 0.3) is 0 Å². The van der Waals surface area contributed by atoms with Crippen LogP contribution < -0.4 is 10.1 Å². The van der Waals surface area contributed by atoms with Crippen LogP contribution >= 0.6 is 35.0 Å². The second kappa shape index (κ2) is 10.2. The first kappa shape index (κ1) is 22.5. The van der Waals surface area contributed by atoms with Crippen LogP contribution in [0, 0.1) is 6.92 Å². The zero-order chi connectivity index (χ0) is 21.7. The first-order valence-corrected chi connectivity index (χ1v) is 11.1. The van der Waals surface area contributed by atoms with Crippen molar-refractivity contribution in [2.75, 3.05) is 7.11 Å². The van der Waals surface area contributed by atoms with Gasteiger partial charge in [-0.1, -0.05) is 41.6 Å². The highest BCUT2D eigenvalue weighted by atomic mass is 35.5. The van der Waals surface area contributed by atoms with Gasteiger partial charge in [0, 0.05) is 10.8 Å². The molecule has 0 radical (unpaired) electrons. The van der Waals surface area contributed by atoms with E-state index in [0.717, 1.165) is 22.6 Å². The summed E-state index contributed by atoms with van der Waals surface area (Å²) in [5, 5.41) is 12.1. The van der Waals surface area contributed by atoms with E-state index in [1.165, 1.54) is 0 Å². The van der Waals surface area contributed by atoms with Crippen LogP contribution in [0.2, 0.25) is 5.02 Å². The molecule has 1 N–H and O–H groups in total. The Labute approximate surface area is 189 Å². The number of aryl methyl sites for hydroxylation is 1. The van der Waals surface area contributed by atoms with Gasteiger partial charge < -0.3 is 10.1 Å². The van der Waals surface area contributed by atoms with E-state index in [-0.39, 0.29) is 12.5 Å². The second-order valence-electron chi connectivity index (χ2n) is 6.64. The zero-order valence-corrected chi connectivity index (χ0v) is 19.2. The maximum Gasteiger partial charge on any atom is 0.238 e. The van der Waals surface area contributed by atoms with E-state index in [9.17, 15) is 4.79 Å². The molecule has 1 unspecified atom stereocenters. The van der Waals surface area contributed by atoms with Crippen LogP contribution in [0.4, 0.5) is 0 Å². The monoisotopic (exact) mass is 464 g/mol. The SMILES string of the molecule is COc1cccc(CSc2nnc(CNC(=O)C(C)Cl)n2-c2cc(Cl)ccc2C)c1. The normalized spacial score (nSPS) is 11.9. The van der Waals surface area contributed by atoms with Crippen LogP contribution in [0.15, 0.2) is 47.6 Å². The molecule has 1 aromatic heterocycles. The molecule has 0 bridgehead atoms. The Bertz CT molecular complexity index is 1040. The molecule has 2 aromatic carbocycles. The Hall–Kier alpha value is -2.22. The molecule has 0 saturated heterocycles. The number of halogens is 2. The summed E-state index contributed by atoms with van der Waals surface area (Å²) in [6, 6.07) is 13.5. The summed E-state index contributed by atoms with van der Waals surface area (Å²) < 4.78 is 7.22. The zero-order valence-electron chi connectivity index (χ0n) is 16.9. The predicted octanol–water partition coefficient (Wildman–Crippen LogP) is 4.77. The Morgan fingerprint density at radius 1 is 1.27 bits per heavy atom. The van der Waals surface area contributed by atoms with Crippen LogP contribution in [0.5, 0.6) is 5.75 Å². The largest absolute Gasteiger partial charge is 0.497 e. The lowest BCUT2D eigenvalue weighted by molar-refractivity contribution is -0.120. The molecule has 0 spiro atoms. The van der Waals surface area contributed by atoms with E-state index >= 15 is 0 Å². The van der Waals surface area contributed by atoms with Crippen molar-refractivity contribution in [2.45, 2.75) is 36.7 Å². The van der Waals surface area contributed by atoms with Gasteiger partial charge in [-0.2, -0.15) is 0 Å². The van der Waals surface area contributed by atoms with Crippen molar-refractivity contribution in [3.8, 4) is 11.4 Å². The molecule has 0 fully saturated rings. The summed E-state index contributed by atoms with van der Waals surface area (Å²) in [7, 11) is 1.65. The minimum atomic E-state index is -0.629. The fourth-order valence-corrected chi connectivity index (χ4v) is 3.94. The van der Waals surface area contributed by atoms with Crippen LogP contribution in [0.3, 0.4) is 0 Å². The molecule has 9 heteroatoms. The van der Waals surface area contributed by atoms with Gasteiger partial charge in [-0.15, -0.1) is 21.8 Å². The summed E-state index contributed by atoms with van der Waals surface area (Å²) in [4.78, 5) is 11.9. The molecule has 1 atom stereocenters. The number of ether oxygens (including phenoxy) is 1. The molecule has 0 aliphatic carbocycles. The lowest BCUT2D eigenvalue weighted by Gasteiger charge is -2.14. The lowest BCUT2D eigenvalue weighted by Crippen LogP contribution is -2.30. The number of thioether (sulfide) groups is 1. The number of carbonyl (C=O) groups excluding carboxylic acids is 1. The van der Waals surface area contributed by atoms with Crippen molar-refractivity contribution in [1.29, 1.82) is 0 Å². The molecule has 0 aliphatic rings. The van der Waals surface area contributed by atoms with Crippen molar-refractivity contribution < 1.29 is 9.53 Å². The minimum absolute atomic E-state index is 0.203. The molecule has 0 aliphatic heterocycles. The Kier molecular flexibility index (Phi) is 7.64. The molecule has 1 amide bonds. The third-order valence-electron chi connectivity index (χ3n) is 4.40. The Morgan fingerprint density at radius 2 is 2.07 bits per heavy atom. The van der Waals surface area contributed by atoms with Crippen LogP contribution in [0.25, 0.3) is 5.69 Å². The minimum Gasteiger partial charge on any atom is -0.497 e. The van der Waals surface area contributed by atoms with Crippen molar-refractivity contribution in [3.63, 3.8) is 0 Å². The molecular weight excluding hydrogens is 443 g/mol. The maximum absolute atomic E-state index is 11.9. The lowest BCUT2D eigenvalue weighted by atomic mass is 10.2. The fourth-order valence-electron chi connectivity index (χ4n) is 2.79. The molecule has 3 rings (SSSR count). The van der Waals surface area contributed by atoms with Crippen molar-refractivity contribution in [1.82, 2.24) is 20.1 Å². The standard InChI is InChI=1S/C21H22Cl2N4O2S/c1-13-7-8-16(23)10-18(13)27-19(11-24-20(28)14(2)22)25-26-21(27)30-12-15-5-4-6-17(9-15)29-3/h4-10,14H,11-12H2,1-3H3,(H,24,28). The van der Waals surface area contributed by atoms with E-state index in [2.05, 4.69) is 15.5 Å². The Morgan fingerprint density at radius 3 is 2.80 bits per heavy atom. The van der Waals surface area contributed by atoms with Crippen molar-refractivity contribution >= 4 is 40.9 Å². The number of aromatic nitrogens is 3. The van der Waals surface area contributed by atoms with Gasteiger partial charge in [0.15, 0.2) is 11.0 Å². The number of nitrogens with one attached hydrogen (secondary N) is 1. The number of amides is 1. The smallest absolute Gasteiger partial charge is 0.238 e. The number of benzene rings is 2.